The van der Waals surface area contributed by atoms with Crippen molar-refractivity contribution in [2.75, 3.05) is 13.2 Å². The van der Waals surface area contributed by atoms with E-state index in [4.69, 9.17) is 9.47 Å². The lowest BCUT2D eigenvalue weighted by Gasteiger charge is -2.26. The van der Waals surface area contributed by atoms with E-state index in [1.165, 1.54) is 12.1 Å². The van der Waals surface area contributed by atoms with Gasteiger partial charge in [0.2, 0.25) is 0 Å². The lowest BCUT2D eigenvalue weighted by Crippen LogP contribution is -2.41. The van der Waals surface area contributed by atoms with Gasteiger partial charge in [-0.3, -0.25) is 4.79 Å². The third kappa shape index (κ3) is 3.43. The SMILES string of the molecule is Cc1nn(-c2ccc(F)cc2)c(C)c1C(=O)NCC1COc2ccccc2O1. The molecule has 0 aliphatic carbocycles. The van der Waals surface area contributed by atoms with Gasteiger partial charge in [-0.2, -0.15) is 5.10 Å². The van der Waals surface area contributed by atoms with Gasteiger partial charge in [-0.1, -0.05) is 12.1 Å². The number of amides is 1. The number of para-hydroxylation sites is 2. The molecule has 2 aromatic carbocycles. The van der Waals surface area contributed by atoms with E-state index in [0.717, 1.165) is 0 Å². The van der Waals surface area contributed by atoms with Gasteiger partial charge in [0.15, 0.2) is 11.5 Å². The third-order valence-corrected chi connectivity index (χ3v) is 4.65. The molecule has 7 heteroatoms. The van der Waals surface area contributed by atoms with Crippen LogP contribution in [0.15, 0.2) is 48.5 Å². The highest BCUT2D eigenvalue weighted by molar-refractivity contribution is 5.96. The van der Waals surface area contributed by atoms with Gasteiger partial charge in [-0.25, -0.2) is 9.07 Å². The maximum absolute atomic E-state index is 13.2. The number of nitrogens with one attached hydrogen (secondary N) is 1. The second-order valence-electron chi connectivity index (χ2n) is 6.64. The van der Waals surface area contributed by atoms with Gasteiger partial charge >= 0.3 is 0 Å². The average molecular weight is 381 g/mol. The molecule has 1 aliphatic rings. The molecule has 3 aromatic rings. The minimum atomic E-state index is -0.320. The Labute approximate surface area is 161 Å². The number of fused-ring (bicyclic) bond motifs is 1. The van der Waals surface area contributed by atoms with Crippen LogP contribution in [0.4, 0.5) is 4.39 Å². The highest BCUT2D eigenvalue weighted by Gasteiger charge is 2.24. The highest BCUT2D eigenvalue weighted by Crippen LogP contribution is 2.30. The average Bonchev–Trinajstić information content (AvgIpc) is 3.00. The third-order valence-electron chi connectivity index (χ3n) is 4.65. The van der Waals surface area contributed by atoms with Crippen LogP contribution in [0, 0.1) is 19.7 Å². The molecule has 6 nitrogen and oxygen atoms in total. The van der Waals surface area contributed by atoms with Crippen molar-refractivity contribution in [3.8, 4) is 17.2 Å². The molecule has 1 amide bonds. The summed E-state index contributed by atoms with van der Waals surface area (Å²) in [6.45, 7) is 4.27. The normalized spacial score (nSPS) is 15.3. The van der Waals surface area contributed by atoms with Gasteiger partial charge in [-0.15, -0.1) is 0 Å². The van der Waals surface area contributed by atoms with Crippen LogP contribution in [0.25, 0.3) is 5.69 Å². The smallest absolute Gasteiger partial charge is 0.255 e. The number of hydrogen-bond acceptors (Lipinski definition) is 4. The Balaban J connectivity index is 1.46. The molecule has 0 spiro atoms. The zero-order valence-electron chi connectivity index (χ0n) is 15.6. The standard InChI is InChI=1S/C21H20FN3O3/c1-13-20(14(2)25(24-13)16-9-7-15(22)8-10-16)21(26)23-11-17-12-27-18-5-3-4-6-19(18)28-17/h3-10,17H,11-12H2,1-2H3,(H,23,26). The van der Waals surface area contributed by atoms with Crippen molar-refractivity contribution in [1.82, 2.24) is 15.1 Å². The van der Waals surface area contributed by atoms with E-state index in [2.05, 4.69) is 10.4 Å². The monoisotopic (exact) mass is 381 g/mol. The van der Waals surface area contributed by atoms with Gasteiger partial charge in [-0.05, 0) is 50.2 Å². The Hall–Kier alpha value is -3.35. The molecular weight excluding hydrogens is 361 g/mol. The Kier molecular flexibility index (Phi) is 4.73. The van der Waals surface area contributed by atoms with E-state index in [0.29, 0.717) is 47.3 Å². The molecule has 0 radical (unpaired) electrons. The summed E-state index contributed by atoms with van der Waals surface area (Å²) in [6, 6.07) is 13.4. The molecule has 0 fully saturated rings. The molecule has 1 N–H and O–H groups in total. The van der Waals surface area contributed by atoms with Crippen molar-refractivity contribution in [3.05, 3.63) is 71.3 Å². The minimum Gasteiger partial charge on any atom is -0.486 e. The Morgan fingerprint density at radius 1 is 1.18 bits per heavy atom. The summed E-state index contributed by atoms with van der Waals surface area (Å²) in [6.07, 6.45) is -0.272. The van der Waals surface area contributed by atoms with Crippen molar-refractivity contribution in [1.29, 1.82) is 0 Å². The van der Waals surface area contributed by atoms with Crippen LogP contribution in [0.3, 0.4) is 0 Å². The molecule has 1 unspecified atom stereocenters. The first-order valence-electron chi connectivity index (χ1n) is 9.02. The van der Waals surface area contributed by atoms with Gasteiger partial charge in [0.25, 0.3) is 5.91 Å². The van der Waals surface area contributed by atoms with E-state index in [-0.39, 0.29) is 17.8 Å². The summed E-state index contributed by atoms with van der Waals surface area (Å²) in [5.74, 6) is 0.826. The van der Waals surface area contributed by atoms with Crippen LogP contribution >= 0.6 is 0 Å². The molecule has 1 aromatic heterocycles. The van der Waals surface area contributed by atoms with E-state index in [1.807, 2.05) is 31.2 Å². The number of carbonyl (C=O) groups excluding carboxylic acids is 1. The second-order valence-corrected chi connectivity index (χ2v) is 6.64. The topological polar surface area (TPSA) is 65.4 Å². The van der Waals surface area contributed by atoms with E-state index < -0.39 is 0 Å². The maximum atomic E-state index is 13.2. The minimum absolute atomic E-state index is 0.231. The number of benzene rings is 2. The van der Waals surface area contributed by atoms with Gasteiger partial charge < -0.3 is 14.8 Å². The fourth-order valence-corrected chi connectivity index (χ4v) is 3.26. The molecule has 0 bridgehead atoms. The van der Waals surface area contributed by atoms with Crippen LogP contribution < -0.4 is 14.8 Å². The molecule has 28 heavy (non-hydrogen) atoms. The lowest BCUT2D eigenvalue weighted by atomic mass is 10.1. The predicted molar refractivity (Wildman–Crippen MR) is 102 cm³/mol. The van der Waals surface area contributed by atoms with E-state index >= 15 is 0 Å². The van der Waals surface area contributed by atoms with Crippen molar-refractivity contribution in [3.63, 3.8) is 0 Å². The van der Waals surface area contributed by atoms with E-state index in [1.54, 1.807) is 23.7 Å². The predicted octanol–water partition coefficient (Wildman–Crippen LogP) is 3.20. The van der Waals surface area contributed by atoms with Crippen molar-refractivity contribution < 1.29 is 18.7 Å². The summed E-state index contributed by atoms with van der Waals surface area (Å²) in [5, 5.41) is 7.33. The lowest BCUT2D eigenvalue weighted by molar-refractivity contribution is 0.0788. The molecule has 4 rings (SSSR count). The molecule has 0 saturated carbocycles. The summed E-state index contributed by atoms with van der Waals surface area (Å²) in [5.41, 5.74) is 2.49. The van der Waals surface area contributed by atoms with E-state index in [9.17, 15) is 9.18 Å². The molecule has 144 valence electrons. The van der Waals surface area contributed by atoms with Crippen LogP contribution in [0.2, 0.25) is 0 Å². The molecule has 1 aliphatic heterocycles. The van der Waals surface area contributed by atoms with Crippen molar-refractivity contribution in [2.45, 2.75) is 20.0 Å². The largest absolute Gasteiger partial charge is 0.486 e. The fourth-order valence-electron chi connectivity index (χ4n) is 3.26. The van der Waals surface area contributed by atoms with Gasteiger partial charge in [0.1, 0.15) is 18.5 Å². The summed E-state index contributed by atoms with van der Waals surface area (Å²) in [7, 11) is 0. The first kappa shape index (κ1) is 18.0. The summed E-state index contributed by atoms with van der Waals surface area (Å²) in [4.78, 5) is 12.8. The van der Waals surface area contributed by atoms with Crippen LogP contribution in [0.5, 0.6) is 11.5 Å². The second kappa shape index (κ2) is 7.34. The number of nitrogens with zero attached hydrogens (tertiary/aromatic N) is 2. The van der Waals surface area contributed by atoms with Crippen molar-refractivity contribution in [2.24, 2.45) is 0 Å². The summed E-state index contributed by atoms with van der Waals surface area (Å²) < 4.78 is 26.3. The first-order chi connectivity index (χ1) is 13.5. The van der Waals surface area contributed by atoms with Crippen LogP contribution in [-0.2, 0) is 0 Å². The van der Waals surface area contributed by atoms with Gasteiger partial charge in [0.05, 0.1) is 29.2 Å². The molecule has 2 heterocycles. The van der Waals surface area contributed by atoms with Gasteiger partial charge in [0, 0.05) is 0 Å². The fraction of sp³-hybridized carbons (Fsp3) is 0.238. The Morgan fingerprint density at radius 2 is 1.89 bits per heavy atom. The zero-order valence-corrected chi connectivity index (χ0v) is 15.6. The zero-order chi connectivity index (χ0) is 19.7. The molecule has 0 saturated heterocycles. The number of halogens is 1. The van der Waals surface area contributed by atoms with Crippen LogP contribution in [0.1, 0.15) is 21.7 Å². The number of ether oxygens (including phenoxy) is 2. The van der Waals surface area contributed by atoms with Crippen LogP contribution in [-0.4, -0.2) is 34.9 Å². The highest BCUT2D eigenvalue weighted by atomic mass is 19.1. The summed E-state index contributed by atoms with van der Waals surface area (Å²) >= 11 is 0. The number of aromatic nitrogens is 2. The number of hydrogen-bond donors (Lipinski definition) is 1. The Morgan fingerprint density at radius 3 is 2.64 bits per heavy atom. The first-order valence-corrected chi connectivity index (χ1v) is 9.02. The quantitative estimate of drug-likeness (QED) is 0.754. The number of carbonyl (C=O) groups is 1. The maximum Gasteiger partial charge on any atom is 0.255 e. The van der Waals surface area contributed by atoms with Crippen molar-refractivity contribution >= 4 is 5.91 Å². The number of aryl methyl sites for hydroxylation is 1. The Bertz CT molecular complexity index is 1010. The number of rotatable bonds is 4. The molecule has 1 atom stereocenters. The molecular formula is C21H20FN3O3.